The highest BCUT2D eigenvalue weighted by Crippen LogP contribution is 2.17. The molecule has 0 fully saturated rings. The maximum atomic E-state index is 2.39. The van der Waals surface area contributed by atoms with Crippen LogP contribution < -0.4 is 0 Å². The molecule has 0 N–H and O–H groups in total. The summed E-state index contributed by atoms with van der Waals surface area (Å²) in [5.41, 5.74) is 0. The monoisotopic (exact) mass is 232 g/mol. The second kappa shape index (κ2) is 8.46. The maximum Gasteiger partial charge on any atom is 0.0833 e. The lowest BCUT2D eigenvalue weighted by Gasteiger charge is -2.42. The third-order valence-corrected chi connectivity index (χ3v) is 4.33. The molecule has 2 heteroatoms. The van der Waals surface area contributed by atoms with Crippen LogP contribution in [0.5, 0.6) is 0 Å². The zero-order chi connectivity index (χ0) is 11.7. The summed E-state index contributed by atoms with van der Waals surface area (Å²) < 4.78 is 1.33. The fraction of sp³-hybridized carbons (Fsp3) is 1.00. The summed E-state index contributed by atoms with van der Waals surface area (Å²) in [7, 11) is 0. The minimum absolute atomic E-state index is 0.781. The third-order valence-electron chi connectivity index (χ3n) is 3.63. The molecule has 1 atom stereocenters. The number of thioether (sulfide) groups is 1. The lowest BCUT2D eigenvalue weighted by molar-refractivity contribution is -0.946. The van der Waals surface area contributed by atoms with E-state index in [1.807, 2.05) is 11.8 Å². The summed E-state index contributed by atoms with van der Waals surface area (Å²) in [6, 6.07) is 0.781. The molecule has 0 amide bonds. The van der Waals surface area contributed by atoms with Crippen molar-refractivity contribution in [1.82, 2.24) is 0 Å². The minimum Gasteiger partial charge on any atom is -0.322 e. The van der Waals surface area contributed by atoms with Crippen molar-refractivity contribution in [1.29, 1.82) is 0 Å². The Bertz CT molecular complexity index is 147. The van der Waals surface area contributed by atoms with Gasteiger partial charge >= 0.3 is 0 Å². The Kier molecular flexibility index (Phi) is 8.64. The van der Waals surface area contributed by atoms with Gasteiger partial charge in [-0.05, 0) is 39.2 Å². The number of rotatable bonds is 9. The Morgan fingerprint density at radius 1 is 1.07 bits per heavy atom. The average molecular weight is 232 g/mol. The molecule has 0 aliphatic rings. The highest BCUT2D eigenvalue weighted by Gasteiger charge is 2.27. The highest BCUT2D eigenvalue weighted by atomic mass is 32.2. The van der Waals surface area contributed by atoms with Crippen molar-refractivity contribution >= 4 is 11.8 Å². The van der Waals surface area contributed by atoms with Gasteiger partial charge in [0.1, 0.15) is 0 Å². The van der Waals surface area contributed by atoms with Gasteiger partial charge in [0.15, 0.2) is 0 Å². The molecule has 0 bridgehead atoms. The fourth-order valence-corrected chi connectivity index (χ4v) is 2.72. The van der Waals surface area contributed by atoms with Gasteiger partial charge in [0.05, 0.1) is 25.7 Å². The molecule has 0 aromatic heterocycles. The van der Waals surface area contributed by atoms with Crippen molar-refractivity contribution in [3.63, 3.8) is 0 Å². The van der Waals surface area contributed by atoms with Gasteiger partial charge in [0, 0.05) is 6.42 Å². The first-order valence-corrected chi connectivity index (χ1v) is 7.87. The van der Waals surface area contributed by atoms with Crippen LogP contribution in [0.1, 0.15) is 47.0 Å². The van der Waals surface area contributed by atoms with E-state index >= 15 is 0 Å². The van der Waals surface area contributed by atoms with E-state index in [0.717, 1.165) is 6.04 Å². The molecular formula is C13H30NS+. The molecule has 0 saturated carbocycles. The summed E-state index contributed by atoms with van der Waals surface area (Å²) in [6.07, 6.45) is 6.29. The molecule has 15 heavy (non-hydrogen) atoms. The van der Waals surface area contributed by atoms with Crippen molar-refractivity contribution in [3.8, 4) is 0 Å². The summed E-state index contributed by atoms with van der Waals surface area (Å²) in [5.74, 6) is 1.32. The van der Waals surface area contributed by atoms with E-state index in [1.165, 1.54) is 49.1 Å². The van der Waals surface area contributed by atoms with Gasteiger partial charge in [-0.3, -0.25) is 0 Å². The van der Waals surface area contributed by atoms with E-state index in [1.54, 1.807) is 0 Å². The van der Waals surface area contributed by atoms with E-state index < -0.39 is 0 Å². The van der Waals surface area contributed by atoms with E-state index in [0.29, 0.717) is 0 Å². The molecule has 1 unspecified atom stereocenters. The quantitative estimate of drug-likeness (QED) is 0.430. The van der Waals surface area contributed by atoms with Crippen LogP contribution in [0, 0.1) is 0 Å². The van der Waals surface area contributed by atoms with Crippen molar-refractivity contribution in [3.05, 3.63) is 0 Å². The van der Waals surface area contributed by atoms with Crippen LogP contribution in [-0.2, 0) is 0 Å². The fourth-order valence-electron chi connectivity index (χ4n) is 2.31. The molecule has 0 spiro atoms. The van der Waals surface area contributed by atoms with Crippen LogP contribution in [0.15, 0.2) is 0 Å². The van der Waals surface area contributed by atoms with Crippen LogP contribution in [0.2, 0.25) is 0 Å². The lowest BCUT2D eigenvalue weighted by atomic mass is 10.1. The Labute approximate surface area is 101 Å². The SMILES string of the molecule is CCCC[N+](CC)(CCCSC)C(C)C. The molecule has 0 heterocycles. The van der Waals surface area contributed by atoms with E-state index in [-0.39, 0.29) is 0 Å². The Balaban J connectivity index is 4.23. The molecule has 0 radical (unpaired) electrons. The van der Waals surface area contributed by atoms with Crippen molar-refractivity contribution in [2.24, 2.45) is 0 Å². The minimum atomic E-state index is 0.781. The standard InChI is InChI=1S/C13H30NS/c1-6-8-10-14(7-2,13(3)4)11-9-12-15-5/h13H,6-12H2,1-5H3/q+1. The van der Waals surface area contributed by atoms with Gasteiger partial charge < -0.3 is 4.48 Å². The lowest BCUT2D eigenvalue weighted by Crippen LogP contribution is -2.54. The topological polar surface area (TPSA) is 0 Å². The van der Waals surface area contributed by atoms with Gasteiger partial charge in [0.2, 0.25) is 0 Å². The smallest absolute Gasteiger partial charge is 0.0833 e. The van der Waals surface area contributed by atoms with Crippen LogP contribution >= 0.6 is 11.8 Å². The highest BCUT2D eigenvalue weighted by molar-refractivity contribution is 7.98. The van der Waals surface area contributed by atoms with Crippen LogP contribution in [0.25, 0.3) is 0 Å². The molecule has 1 nitrogen and oxygen atoms in total. The Morgan fingerprint density at radius 2 is 1.67 bits per heavy atom. The molecule has 0 rings (SSSR count). The van der Waals surface area contributed by atoms with Crippen LogP contribution in [-0.4, -0.2) is 42.2 Å². The number of hydrogen-bond donors (Lipinski definition) is 0. The molecular weight excluding hydrogens is 202 g/mol. The maximum absolute atomic E-state index is 2.39. The number of hydrogen-bond acceptors (Lipinski definition) is 1. The van der Waals surface area contributed by atoms with E-state index in [2.05, 4.69) is 34.0 Å². The largest absolute Gasteiger partial charge is 0.322 e. The normalized spacial score (nSPS) is 15.6. The van der Waals surface area contributed by atoms with Crippen LogP contribution in [0.3, 0.4) is 0 Å². The third kappa shape index (κ3) is 5.26. The van der Waals surface area contributed by atoms with Crippen LogP contribution in [0.4, 0.5) is 0 Å². The van der Waals surface area contributed by atoms with E-state index in [9.17, 15) is 0 Å². The summed E-state index contributed by atoms with van der Waals surface area (Å²) in [5, 5.41) is 0. The number of nitrogens with zero attached hydrogens (tertiary/aromatic N) is 1. The number of quaternary nitrogens is 1. The average Bonchev–Trinajstić information content (AvgIpc) is 2.23. The first-order chi connectivity index (χ1) is 7.13. The second-order valence-electron chi connectivity index (χ2n) is 4.78. The summed E-state index contributed by atoms with van der Waals surface area (Å²) >= 11 is 1.98. The van der Waals surface area contributed by atoms with Gasteiger partial charge in [0.25, 0.3) is 0 Å². The first-order valence-electron chi connectivity index (χ1n) is 6.47. The Hall–Kier alpha value is 0.310. The predicted octanol–water partition coefficient (Wildman–Crippen LogP) is 3.78. The molecule has 0 aromatic carbocycles. The number of unbranched alkanes of at least 4 members (excludes halogenated alkanes) is 1. The van der Waals surface area contributed by atoms with Gasteiger partial charge in [-0.25, -0.2) is 0 Å². The van der Waals surface area contributed by atoms with Crippen molar-refractivity contribution < 1.29 is 4.48 Å². The first kappa shape index (κ1) is 15.3. The Morgan fingerprint density at radius 3 is 2.07 bits per heavy atom. The van der Waals surface area contributed by atoms with E-state index in [4.69, 9.17) is 0 Å². The molecule has 0 aliphatic heterocycles. The van der Waals surface area contributed by atoms with Gasteiger partial charge in [-0.15, -0.1) is 0 Å². The molecule has 0 aliphatic carbocycles. The van der Waals surface area contributed by atoms with Gasteiger partial charge in [-0.1, -0.05) is 13.3 Å². The summed E-state index contributed by atoms with van der Waals surface area (Å²) in [4.78, 5) is 0. The van der Waals surface area contributed by atoms with Gasteiger partial charge in [-0.2, -0.15) is 11.8 Å². The molecule has 0 aromatic rings. The van der Waals surface area contributed by atoms with Crippen molar-refractivity contribution in [2.45, 2.75) is 53.0 Å². The second-order valence-corrected chi connectivity index (χ2v) is 5.76. The zero-order valence-electron chi connectivity index (χ0n) is 11.4. The summed E-state index contributed by atoms with van der Waals surface area (Å²) in [6.45, 7) is 13.5. The predicted molar refractivity (Wildman–Crippen MR) is 73.6 cm³/mol. The zero-order valence-corrected chi connectivity index (χ0v) is 12.2. The van der Waals surface area contributed by atoms with Crippen molar-refractivity contribution in [2.75, 3.05) is 31.6 Å². The molecule has 0 saturated heterocycles. The molecule has 92 valence electrons.